The molecular formula is C19H16ClFO5. The molecule has 136 valence electrons. The zero-order valence-electron chi connectivity index (χ0n) is 14.1. The molecule has 26 heavy (non-hydrogen) atoms. The van der Waals surface area contributed by atoms with Gasteiger partial charge in [0, 0.05) is 11.6 Å². The Bertz CT molecular complexity index is 848. The van der Waals surface area contributed by atoms with E-state index in [4.69, 9.17) is 25.8 Å². The molecule has 2 aromatic rings. The van der Waals surface area contributed by atoms with Crippen LogP contribution in [0.5, 0.6) is 11.5 Å². The Balaban J connectivity index is 1.92. The average Bonchev–Trinajstić information content (AvgIpc) is 2.64. The molecule has 0 atom stereocenters. The summed E-state index contributed by atoms with van der Waals surface area (Å²) in [7, 11) is 2.82. The quantitative estimate of drug-likeness (QED) is 0.415. The van der Waals surface area contributed by atoms with Gasteiger partial charge in [0.2, 0.25) is 0 Å². The Hall–Kier alpha value is -2.86. The van der Waals surface area contributed by atoms with E-state index in [0.717, 1.165) is 6.08 Å². The van der Waals surface area contributed by atoms with Crippen molar-refractivity contribution in [2.24, 2.45) is 0 Å². The molecule has 0 saturated heterocycles. The smallest absolute Gasteiger partial charge is 0.331 e. The second kappa shape index (κ2) is 9.01. The molecule has 0 aromatic heterocycles. The third-order valence-electron chi connectivity index (χ3n) is 3.41. The molecule has 2 aromatic carbocycles. The number of carbonyl (C=O) groups excluding carboxylic acids is 2. The number of hydrogen-bond donors (Lipinski definition) is 0. The highest BCUT2D eigenvalue weighted by molar-refractivity contribution is 6.32. The van der Waals surface area contributed by atoms with Crippen molar-refractivity contribution < 1.29 is 28.2 Å². The van der Waals surface area contributed by atoms with Crippen LogP contribution in [0.15, 0.2) is 42.5 Å². The summed E-state index contributed by atoms with van der Waals surface area (Å²) in [6.07, 6.45) is 2.48. The molecule has 0 aliphatic carbocycles. The SMILES string of the molecule is COc1ccc(/C=C/C(=O)OCC(=O)c2ccc(OC)c(Cl)c2)cc1F. The van der Waals surface area contributed by atoms with E-state index in [1.165, 1.54) is 44.6 Å². The molecule has 2 rings (SSSR count). The maximum absolute atomic E-state index is 13.6. The summed E-state index contributed by atoms with van der Waals surface area (Å²) >= 11 is 5.95. The molecule has 0 fully saturated rings. The van der Waals surface area contributed by atoms with Crippen LogP contribution in [0.4, 0.5) is 4.39 Å². The number of rotatable bonds is 7. The standard InChI is InChI=1S/C19H16ClFO5/c1-24-17-7-5-13(10-14(17)20)16(22)11-26-19(23)8-4-12-3-6-18(25-2)15(21)9-12/h3-10H,11H2,1-2H3/b8-4+. The van der Waals surface area contributed by atoms with Crippen molar-refractivity contribution in [2.75, 3.05) is 20.8 Å². The maximum Gasteiger partial charge on any atom is 0.331 e. The lowest BCUT2D eigenvalue weighted by Crippen LogP contribution is -2.12. The minimum atomic E-state index is -0.728. The van der Waals surface area contributed by atoms with E-state index in [9.17, 15) is 14.0 Å². The first kappa shape index (κ1) is 19.5. The van der Waals surface area contributed by atoms with Gasteiger partial charge in [-0.15, -0.1) is 0 Å². The van der Waals surface area contributed by atoms with Crippen molar-refractivity contribution in [3.05, 3.63) is 64.4 Å². The van der Waals surface area contributed by atoms with Crippen molar-refractivity contribution in [1.82, 2.24) is 0 Å². The zero-order chi connectivity index (χ0) is 19.1. The number of benzene rings is 2. The van der Waals surface area contributed by atoms with Gasteiger partial charge in [0.15, 0.2) is 24.0 Å². The monoisotopic (exact) mass is 378 g/mol. The van der Waals surface area contributed by atoms with Gasteiger partial charge in [-0.3, -0.25) is 4.79 Å². The summed E-state index contributed by atoms with van der Waals surface area (Å²) in [5, 5.41) is 0.283. The van der Waals surface area contributed by atoms with Crippen LogP contribution in [0.2, 0.25) is 5.02 Å². The molecule has 0 radical (unpaired) electrons. The Morgan fingerprint density at radius 3 is 2.38 bits per heavy atom. The van der Waals surface area contributed by atoms with E-state index in [2.05, 4.69) is 0 Å². The van der Waals surface area contributed by atoms with Crippen LogP contribution >= 0.6 is 11.6 Å². The topological polar surface area (TPSA) is 61.8 Å². The highest BCUT2D eigenvalue weighted by Crippen LogP contribution is 2.25. The zero-order valence-corrected chi connectivity index (χ0v) is 14.9. The maximum atomic E-state index is 13.6. The number of esters is 1. The first-order chi connectivity index (χ1) is 12.4. The molecule has 7 heteroatoms. The van der Waals surface area contributed by atoms with Crippen molar-refractivity contribution in [1.29, 1.82) is 0 Å². The summed E-state index contributed by atoms with van der Waals surface area (Å²) in [6.45, 7) is -0.442. The number of hydrogen-bond acceptors (Lipinski definition) is 5. The number of carbonyl (C=O) groups is 2. The fourth-order valence-electron chi connectivity index (χ4n) is 2.06. The lowest BCUT2D eigenvalue weighted by atomic mass is 10.1. The van der Waals surface area contributed by atoms with Crippen molar-refractivity contribution in [3.63, 3.8) is 0 Å². The fourth-order valence-corrected chi connectivity index (χ4v) is 2.32. The average molecular weight is 379 g/mol. The second-order valence-corrected chi connectivity index (χ2v) is 5.51. The van der Waals surface area contributed by atoms with Crippen LogP contribution < -0.4 is 9.47 Å². The highest BCUT2D eigenvalue weighted by atomic mass is 35.5. The Labute approximate surface area is 154 Å². The third kappa shape index (κ3) is 5.07. The first-order valence-corrected chi connectivity index (χ1v) is 7.87. The minimum Gasteiger partial charge on any atom is -0.495 e. The van der Waals surface area contributed by atoms with Crippen LogP contribution in [0.3, 0.4) is 0 Å². The van der Waals surface area contributed by atoms with E-state index >= 15 is 0 Å². The second-order valence-electron chi connectivity index (χ2n) is 5.11. The van der Waals surface area contributed by atoms with Gasteiger partial charge in [0.05, 0.1) is 19.2 Å². The Kier molecular flexibility index (Phi) is 6.74. The van der Waals surface area contributed by atoms with Gasteiger partial charge in [-0.2, -0.15) is 0 Å². The molecular weight excluding hydrogens is 363 g/mol. The molecule has 0 aliphatic rings. The molecule has 0 aliphatic heterocycles. The number of ether oxygens (including phenoxy) is 3. The van der Waals surface area contributed by atoms with Gasteiger partial charge in [0.25, 0.3) is 0 Å². The number of methoxy groups -OCH3 is 2. The van der Waals surface area contributed by atoms with E-state index in [-0.39, 0.29) is 10.8 Å². The normalized spacial score (nSPS) is 10.6. The van der Waals surface area contributed by atoms with Gasteiger partial charge in [-0.1, -0.05) is 17.7 Å². The highest BCUT2D eigenvalue weighted by Gasteiger charge is 2.11. The molecule has 0 heterocycles. The van der Waals surface area contributed by atoms with Crippen LogP contribution in [-0.2, 0) is 9.53 Å². The summed E-state index contributed by atoms with van der Waals surface area (Å²) < 4.78 is 28.3. The van der Waals surface area contributed by atoms with Crippen molar-refractivity contribution >= 4 is 29.4 Å². The third-order valence-corrected chi connectivity index (χ3v) is 3.70. The number of Topliss-reactive ketones (excluding diaryl/α,β-unsaturated/α-hetero) is 1. The molecule has 0 amide bonds. The van der Waals surface area contributed by atoms with Crippen LogP contribution in [0.25, 0.3) is 6.08 Å². The van der Waals surface area contributed by atoms with E-state index in [0.29, 0.717) is 16.9 Å². The van der Waals surface area contributed by atoms with Crippen LogP contribution in [0, 0.1) is 5.82 Å². The molecule has 0 saturated carbocycles. The van der Waals surface area contributed by atoms with Crippen LogP contribution in [-0.4, -0.2) is 32.6 Å². The first-order valence-electron chi connectivity index (χ1n) is 7.49. The van der Waals surface area contributed by atoms with Gasteiger partial charge in [0.1, 0.15) is 5.75 Å². The van der Waals surface area contributed by atoms with Crippen molar-refractivity contribution in [3.8, 4) is 11.5 Å². The largest absolute Gasteiger partial charge is 0.495 e. The van der Waals surface area contributed by atoms with Gasteiger partial charge in [-0.25, -0.2) is 9.18 Å². The van der Waals surface area contributed by atoms with Gasteiger partial charge >= 0.3 is 5.97 Å². The lowest BCUT2D eigenvalue weighted by Gasteiger charge is -2.06. The Morgan fingerprint density at radius 2 is 1.77 bits per heavy atom. The van der Waals surface area contributed by atoms with E-state index < -0.39 is 24.2 Å². The Morgan fingerprint density at radius 1 is 1.08 bits per heavy atom. The van der Waals surface area contributed by atoms with Crippen LogP contribution in [0.1, 0.15) is 15.9 Å². The van der Waals surface area contributed by atoms with Crippen molar-refractivity contribution in [2.45, 2.75) is 0 Å². The summed E-state index contributed by atoms with van der Waals surface area (Å²) in [5.41, 5.74) is 0.748. The fraction of sp³-hybridized carbons (Fsp3) is 0.158. The number of ketones is 1. The van der Waals surface area contributed by atoms with E-state index in [1.807, 2.05) is 0 Å². The predicted molar refractivity (Wildman–Crippen MR) is 95.3 cm³/mol. The van der Waals surface area contributed by atoms with Gasteiger partial charge in [-0.05, 0) is 42.0 Å². The molecule has 0 N–H and O–H groups in total. The lowest BCUT2D eigenvalue weighted by molar-refractivity contribution is -0.136. The van der Waals surface area contributed by atoms with E-state index in [1.54, 1.807) is 12.1 Å². The minimum absolute atomic E-state index is 0.105. The summed E-state index contributed by atoms with van der Waals surface area (Å²) in [6, 6.07) is 8.75. The van der Waals surface area contributed by atoms with Gasteiger partial charge < -0.3 is 14.2 Å². The summed E-state index contributed by atoms with van der Waals surface area (Å²) in [5.74, 6) is -1.14. The predicted octanol–water partition coefficient (Wildman–Crippen LogP) is 3.94. The molecule has 0 unspecified atom stereocenters. The molecule has 0 spiro atoms. The number of halogens is 2. The molecule has 5 nitrogen and oxygen atoms in total. The molecule has 0 bridgehead atoms. The summed E-state index contributed by atoms with van der Waals surface area (Å²) in [4.78, 5) is 23.7.